The molecule has 0 aliphatic heterocycles. The summed E-state index contributed by atoms with van der Waals surface area (Å²) in [5.74, 6) is 0.572. The van der Waals surface area contributed by atoms with E-state index in [4.69, 9.17) is 40.2 Å². The number of benzene rings is 2. The average molecular weight is 507 g/mol. The number of aryl methyl sites for hydroxylation is 1. The maximum atomic E-state index is 12.6. The van der Waals surface area contributed by atoms with Gasteiger partial charge in [-0.25, -0.2) is 0 Å². The standard InChI is InChI=1S/C20H16Cl2N6O2S2/c1-9-12(18-27-28-10(2)25-26-20(28)32-18)5-4-6-15(9)23-19(31)24-17(29)11-7-13(21)16(30-3)14(22)8-11/h4-8H,1-3H3,(H2,23,24,29,31). The third-order valence-electron chi connectivity index (χ3n) is 4.65. The van der Waals surface area contributed by atoms with Gasteiger partial charge in [0, 0.05) is 16.8 Å². The van der Waals surface area contributed by atoms with Gasteiger partial charge in [0.05, 0.1) is 17.2 Å². The van der Waals surface area contributed by atoms with Crippen molar-refractivity contribution in [1.82, 2.24) is 25.1 Å². The van der Waals surface area contributed by atoms with E-state index in [0.717, 1.165) is 32.6 Å². The van der Waals surface area contributed by atoms with Gasteiger partial charge in [-0.2, -0.15) is 9.61 Å². The summed E-state index contributed by atoms with van der Waals surface area (Å²) in [5, 5.41) is 19.8. The summed E-state index contributed by atoms with van der Waals surface area (Å²) in [6.07, 6.45) is 0. The van der Waals surface area contributed by atoms with Gasteiger partial charge in [0.25, 0.3) is 5.91 Å². The van der Waals surface area contributed by atoms with Crippen molar-refractivity contribution in [3.8, 4) is 16.3 Å². The Labute approximate surface area is 202 Å². The molecule has 1 amide bonds. The minimum absolute atomic E-state index is 0.132. The second-order valence-electron chi connectivity index (χ2n) is 6.71. The van der Waals surface area contributed by atoms with Gasteiger partial charge >= 0.3 is 0 Å². The largest absolute Gasteiger partial charge is 0.494 e. The van der Waals surface area contributed by atoms with Crippen LogP contribution in [0.4, 0.5) is 5.69 Å². The first-order chi connectivity index (χ1) is 15.3. The Morgan fingerprint density at radius 3 is 2.56 bits per heavy atom. The van der Waals surface area contributed by atoms with Gasteiger partial charge in [-0.15, -0.1) is 10.2 Å². The van der Waals surface area contributed by atoms with Crippen molar-refractivity contribution in [3.05, 3.63) is 57.3 Å². The van der Waals surface area contributed by atoms with Crippen molar-refractivity contribution in [2.75, 3.05) is 12.4 Å². The highest BCUT2D eigenvalue weighted by Crippen LogP contribution is 2.34. The fourth-order valence-corrected chi connectivity index (χ4v) is 4.85. The summed E-state index contributed by atoms with van der Waals surface area (Å²) in [5.41, 5.74) is 2.84. The van der Waals surface area contributed by atoms with Crippen LogP contribution in [0.25, 0.3) is 15.5 Å². The molecule has 0 spiro atoms. The molecule has 4 rings (SSSR count). The minimum atomic E-state index is -0.452. The molecular weight excluding hydrogens is 491 g/mol. The highest BCUT2D eigenvalue weighted by Gasteiger charge is 2.17. The van der Waals surface area contributed by atoms with Gasteiger partial charge in [0.2, 0.25) is 4.96 Å². The predicted octanol–water partition coefficient (Wildman–Crippen LogP) is 4.91. The number of rotatable bonds is 4. The number of carbonyl (C=O) groups is 1. The van der Waals surface area contributed by atoms with Gasteiger partial charge in [0.15, 0.2) is 16.7 Å². The molecule has 2 aromatic heterocycles. The van der Waals surface area contributed by atoms with Crippen LogP contribution in [0.3, 0.4) is 0 Å². The van der Waals surface area contributed by atoms with Crippen molar-refractivity contribution < 1.29 is 9.53 Å². The smallest absolute Gasteiger partial charge is 0.257 e. The number of nitrogens with zero attached hydrogens (tertiary/aromatic N) is 4. The lowest BCUT2D eigenvalue weighted by Crippen LogP contribution is -2.34. The lowest BCUT2D eigenvalue weighted by Gasteiger charge is -2.14. The van der Waals surface area contributed by atoms with Crippen molar-refractivity contribution in [2.24, 2.45) is 0 Å². The fraction of sp³-hybridized carbons (Fsp3) is 0.150. The summed E-state index contributed by atoms with van der Waals surface area (Å²) < 4.78 is 6.81. The predicted molar refractivity (Wildman–Crippen MR) is 130 cm³/mol. The Kier molecular flexibility index (Phi) is 6.29. The van der Waals surface area contributed by atoms with E-state index in [1.54, 1.807) is 4.52 Å². The second kappa shape index (κ2) is 8.99. The van der Waals surface area contributed by atoms with E-state index in [0.29, 0.717) is 5.75 Å². The summed E-state index contributed by atoms with van der Waals surface area (Å²) in [4.78, 5) is 13.3. The molecule has 164 valence electrons. The number of amides is 1. The molecule has 0 saturated heterocycles. The van der Waals surface area contributed by atoms with Crippen LogP contribution in [0.2, 0.25) is 10.0 Å². The van der Waals surface area contributed by atoms with Crippen LogP contribution >= 0.6 is 46.8 Å². The van der Waals surface area contributed by atoms with E-state index in [2.05, 4.69) is 25.9 Å². The van der Waals surface area contributed by atoms with E-state index in [9.17, 15) is 4.79 Å². The molecular formula is C20H16Cl2N6O2S2. The molecule has 4 aromatic rings. The van der Waals surface area contributed by atoms with E-state index in [1.165, 1.54) is 30.6 Å². The fourth-order valence-electron chi connectivity index (χ4n) is 3.04. The highest BCUT2D eigenvalue weighted by atomic mass is 35.5. The summed E-state index contributed by atoms with van der Waals surface area (Å²) >= 11 is 19.0. The number of hydrogen-bond donors (Lipinski definition) is 2. The third kappa shape index (κ3) is 4.26. The van der Waals surface area contributed by atoms with Gasteiger partial charge in [-0.3, -0.25) is 10.1 Å². The number of hydrogen-bond acceptors (Lipinski definition) is 7. The van der Waals surface area contributed by atoms with Crippen molar-refractivity contribution >= 4 is 68.4 Å². The van der Waals surface area contributed by atoms with Crippen LogP contribution in [0, 0.1) is 13.8 Å². The second-order valence-corrected chi connectivity index (χ2v) is 8.89. The number of aromatic nitrogens is 4. The van der Waals surface area contributed by atoms with E-state index in [-0.39, 0.29) is 20.7 Å². The number of nitrogens with one attached hydrogen (secondary N) is 2. The zero-order valence-electron chi connectivity index (χ0n) is 17.1. The number of ether oxygens (including phenoxy) is 1. The molecule has 0 saturated carbocycles. The quantitative estimate of drug-likeness (QED) is 0.379. The van der Waals surface area contributed by atoms with Gasteiger partial charge in [-0.05, 0) is 49.8 Å². The zero-order valence-corrected chi connectivity index (χ0v) is 20.2. The Hall–Kier alpha value is -2.79. The van der Waals surface area contributed by atoms with Crippen molar-refractivity contribution in [1.29, 1.82) is 0 Å². The van der Waals surface area contributed by atoms with Crippen molar-refractivity contribution in [3.63, 3.8) is 0 Å². The number of carbonyl (C=O) groups excluding carboxylic acids is 1. The Morgan fingerprint density at radius 1 is 1.19 bits per heavy atom. The zero-order chi connectivity index (χ0) is 23.0. The summed E-state index contributed by atoms with van der Waals surface area (Å²) in [7, 11) is 1.45. The average Bonchev–Trinajstić information content (AvgIpc) is 3.31. The first kappa shape index (κ1) is 22.4. The first-order valence-electron chi connectivity index (χ1n) is 9.22. The van der Waals surface area contributed by atoms with Crippen LogP contribution in [0.1, 0.15) is 21.7 Å². The molecule has 0 fully saturated rings. The van der Waals surface area contributed by atoms with E-state index >= 15 is 0 Å². The monoisotopic (exact) mass is 506 g/mol. The normalized spacial score (nSPS) is 10.9. The number of fused-ring (bicyclic) bond motifs is 1. The van der Waals surface area contributed by atoms with Gasteiger partial charge in [-0.1, -0.05) is 46.7 Å². The van der Waals surface area contributed by atoms with Crippen LogP contribution < -0.4 is 15.4 Å². The Morgan fingerprint density at radius 2 is 1.91 bits per heavy atom. The van der Waals surface area contributed by atoms with E-state index in [1.807, 2.05) is 32.0 Å². The molecule has 0 radical (unpaired) electrons. The van der Waals surface area contributed by atoms with Gasteiger partial charge in [0.1, 0.15) is 5.01 Å². The number of thiocarbonyl (C=S) groups is 1. The summed E-state index contributed by atoms with van der Waals surface area (Å²) in [6, 6.07) is 8.64. The minimum Gasteiger partial charge on any atom is -0.494 e. The first-order valence-corrected chi connectivity index (χ1v) is 11.2. The molecule has 2 heterocycles. The number of anilines is 1. The SMILES string of the molecule is COc1c(Cl)cc(C(=O)NC(=S)Nc2cccc(-c3nn4c(C)nnc4s3)c2C)cc1Cl. The topological polar surface area (TPSA) is 93.4 Å². The third-order valence-corrected chi connectivity index (χ3v) is 6.35. The number of methoxy groups -OCH3 is 1. The molecule has 2 aromatic carbocycles. The number of halogens is 2. The van der Waals surface area contributed by atoms with Crippen LogP contribution in [-0.4, -0.2) is 37.9 Å². The van der Waals surface area contributed by atoms with Crippen LogP contribution in [0.5, 0.6) is 5.75 Å². The lowest BCUT2D eigenvalue weighted by atomic mass is 10.1. The molecule has 0 atom stereocenters. The molecule has 0 bridgehead atoms. The van der Waals surface area contributed by atoms with Crippen LogP contribution in [-0.2, 0) is 0 Å². The van der Waals surface area contributed by atoms with Crippen LogP contribution in [0.15, 0.2) is 30.3 Å². The highest BCUT2D eigenvalue weighted by molar-refractivity contribution is 7.80. The molecule has 2 N–H and O–H groups in total. The summed E-state index contributed by atoms with van der Waals surface area (Å²) in [6.45, 7) is 3.79. The molecule has 32 heavy (non-hydrogen) atoms. The lowest BCUT2D eigenvalue weighted by molar-refractivity contribution is 0.0977. The van der Waals surface area contributed by atoms with Crippen molar-refractivity contribution in [2.45, 2.75) is 13.8 Å². The Balaban J connectivity index is 1.52. The molecule has 0 aliphatic rings. The van der Waals surface area contributed by atoms with E-state index < -0.39 is 5.91 Å². The maximum Gasteiger partial charge on any atom is 0.257 e. The molecule has 8 nitrogen and oxygen atoms in total. The molecule has 0 aliphatic carbocycles. The molecule has 0 unspecified atom stereocenters. The Bertz CT molecular complexity index is 1340. The molecule has 12 heteroatoms. The van der Waals surface area contributed by atoms with Gasteiger partial charge < -0.3 is 10.1 Å². The maximum absolute atomic E-state index is 12.6.